The van der Waals surface area contributed by atoms with Crippen LogP contribution in [0.2, 0.25) is 5.02 Å². The van der Waals surface area contributed by atoms with E-state index in [-0.39, 0.29) is 11.9 Å². The van der Waals surface area contributed by atoms with Crippen LogP contribution in [0.1, 0.15) is 36.0 Å². The van der Waals surface area contributed by atoms with E-state index in [0.29, 0.717) is 22.4 Å². The van der Waals surface area contributed by atoms with Crippen LogP contribution in [-0.4, -0.2) is 28.1 Å². The fraction of sp³-hybridized carbons (Fsp3) is 0.227. The minimum Gasteiger partial charge on any atom is -0.309 e. The van der Waals surface area contributed by atoms with Gasteiger partial charge in [0.15, 0.2) is 5.82 Å². The maximum absolute atomic E-state index is 13.1. The molecule has 0 aliphatic heterocycles. The number of aromatic nitrogens is 2. The lowest BCUT2D eigenvalue weighted by atomic mass is 10.1. The minimum absolute atomic E-state index is 0.149. The van der Waals surface area contributed by atoms with Crippen LogP contribution in [0.15, 0.2) is 59.6 Å². The second kappa shape index (κ2) is 9.09. The quantitative estimate of drug-likeness (QED) is 0.406. The van der Waals surface area contributed by atoms with Gasteiger partial charge in [-0.3, -0.25) is 15.2 Å². The molecule has 1 aliphatic rings. The number of hydrogen-bond acceptors (Lipinski definition) is 3. The number of hydrogen-bond donors (Lipinski definition) is 3. The molecule has 2 aromatic carbocycles. The molecule has 154 valence electrons. The Morgan fingerprint density at radius 3 is 2.50 bits per heavy atom. The summed E-state index contributed by atoms with van der Waals surface area (Å²) in [7, 11) is 0. The number of H-pyrrole nitrogens is 1. The van der Waals surface area contributed by atoms with E-state index in [1.807, 2.05) is 18.2 Å². The van der Waals surface area contributed by atoms with Gasteiger partial charge in [0.2, 0.25) is 5.96 Å². The van der Waals surface area contributed by atoms with Crippen molar-refractivity contribution in [2.45, 2.75) is 31.7 Å². The fourth-order valence-corrected chi connectivity index (χ4v) is 3.50. The molecule has 1 aromatic heterocycles. The third-order valence-electron chi connectivity index (χ3n) is 4.95. The van der Waals surface area contributed by atoms with E-state index in [0.717, 1.165) is 36.9 Å². The Bertz CT molecular complexity index is 1040. The van der Waals surface area contributed by atoms with E-state index in [1.165, 1.54) is 24.3 Å². The van der Waals surface area contributed by atoms with Crippen molar-refractivity contribution in [2.75, 3.05) is 5.32 Å². The van der Waals surface area contributed by atoms with Crippen molar-refractivity contribution in [1.82, 2.24) is 15.5 Å². The fourth-order valence-electron chi connectivity index (χ4n) is 3.38. The monoisotopic (exact) mass is 425 g/mol. The van der Waals surface area contributed by atoms with Crippen LogP contribution in [0.5, 0.6) is 0 Å². The zero-order valence-corrected chi connectivity index (χ0v) is 16.9. The van der Waals surface area contributed by atoms with Crippen LogP contribution in [0, 0.1) is 5.82 Å². The smallest absolute Gasteiger partial charge is 0.257 e. The van der Waals surface area contributed by atoms with Gasteiger partial charge >= 0.3 is 0 Å². The molecule has 0 bridgehead atoms. The molecule has 4 rings (SSSR count). The van der Waals surface area contributed by atoms with Crippen molar-refractivity contribution in [3.05, 3.63) is 71.0 Å². The first kappa shape index (κ1) is 20.1. The summed E-state index contributed by atoms with van der Waals surface area (Å²) in [5.74, 6) is 0.0879. The van der Waals surface area contributed by atoms with E-state index in [1.54, 1.807) is 12.1 Å². The summed E-state index contributed by atoms with van der Waals surface area (Å²) in [5.41, 5.74) is 2.09. The number of rotatable bonds is 4. The number of amides is 1. The lowest BCUT2D eigenvalue weighted by Crippen LogP contribution is -2.37. The standard InChI is InChI=1S/C22H21ClFN5O/c23-16-9-5-14(6-10-16)19-13-20(29-28-19)26-22(25-18-3-1-2-4-18)27-21(30)15-7-11-17(24)12-8-15/h5-13,18H,1-4H2,(H3,25,26,27,28,29,30). The van der Waals surface area contributed by atoms with Crippen LogP contribution < -0.4 is 10.6 Å². The molecule has 0 spiro atoms. The first-order chi connectivity index (χ1) is 14.6. The molecule has 3 N–H and O–H groups in total. The number of guanidine groups is 1. The van der Waals surface area contributed by atoms with E-state index >= 15 is 0 Å². The lowest BCUT2D eigenvalue weighted by molar-refractivity contribution is 0.0977. The highest BCUT2D eigenvalue weighted by atomic mass is 35.5. The van der Waals surface area contributed by atoms with Crippen molar-refractivity contribution in [1.29, 1.82) is 0 Å². The Balaban J connectivity index is 1.52. The summed E-state index contributed by atoms with van der Waals surface area (Å²) in [6.07, 6.45) is 4.20. The zero-order valence-electron chi connectivity index (χ0n) is 16.2. The molecular weight excluding hydrogens is 405 g/mol. The molecule has 0 atom stereocenters. The van der Waals surface area contributed by atoms with Gasteiger partial charge in [-0.05, 0) is 54.8 Å². The molecule has 0 saturated heterocycles. The number of benzene rings is 2. The van der Waals surface area contributed by atoms with Gasteiger partial charge in [-0.25, -0.2) is 9.38 Å². The molecule has 30 heavy (non-hydrogen) atoms. The lowest BCUT2D eigenvalue weighted by Gasteiger charge is -2.12. The van der Waals surface area contributed by atoms with Crippen molar-refractivity contribution in [3.63, 3.8) is 0 Å². The average Bonchev–Trinajstić information content (AvgIpc) is 3.41. The van der Waals surface area contributed by atoms with Gasteiger partial charge in [-0.15, -0.1) is 0 Å². The number of carbonyl (C=O) groups excluding carboxylic acids is 1. The van der Waals surface area contributed by atoms with Crippen molar-refractivity contribution in [3.8, 4) is 11.3 Å². The molecule has 1 amide bonds. The molecule has 1 aliphatic carbocycles. The van der Waals surface area contributed by atoms with E-state index < -0.39 is 5.82 Å². The minimum atomic E-state index is -0.393. The van der Waals surface area contributed by atoms with E-state index in [2.05, 4.69) is 25.8 Å². The third-order valence-corrected chi connectivity index (χ3v) is 5.21. The predicted octanol–water partition coefficient (Wildman–Crippen LogP) is 5.01. The number of carbonyl (C=O) groups is 1. The molecule has 8 heteroatoms. The maximum Gasteiger partial charge on any atom is 0.257 e. The molecule has 1 fully saturated rings. The average molecular weight is 426 g/mol. The largest absolute Gasteiger partial charge is 0.309 e. The summed E-state index contributed by atoms with van der Waals surface area (Å²) >= 11 is 5.95. The van der Waals surface area contributed by atoms with Gasteiger partial charge < -0.3 is 5.32 Å². The predicted molar refractivity (Wildman–Crippen MR) is 116 cm³/mol. The molecular formula is C22H21ClFN5O. The second-order valence-electron chi connectivity index (χ2n) is 7.18. The third kappa shape index (κ3) is 5.04. The molecule has 0 radical (unpaired) electrons. The Morgan fingerprint density at radius 1 is 1.10 bits per heavy atom. The van der Waals surface area contributed by atoms with Gasteiger partial charge in [-0.2, -0.15) is 5.10 Å². The number of aromatic amines is 1. The van der Waals surface area contributed by atoms with E-state index in [9.17, 15) is 9.18 Å². The highest BCUT2D eigenvalue weighted by Crippen LogP contribution is 2.23. The molecule has 1 heterocycles. The highest BCUT2D eigenvalue weighted by molar-refractivity contribution is 6.30. The normalized spacial score (nSPS) is 14.7. The van der Waals surface area contributed by atoms with Gasteiger partial charge in [0.1, 0.15) is 5.82 Å². The zero-order chi connectivity index (χ0) is 20.9. The number of nitrogens with one attached hydrogen (secondary N) is 3. The highest BCUT2D eigenvalue weighted by Gasteiger charge is 2.17. The van der Waals surface area contributed by atoms with Crippen LogP contribution in [-0.2, 0) is 0 Å². The topological polar surface area (TPSA) is 82.2 Å². The van der Waals surface area contributed by atoms with Crippen LogP contribution >= 0.6 is 11.6 Å². The summed E-state index contributed by atoms with van der Waals surface area (Å²) in [5, 5.41) is 13.8. The number of aliphatic imine (C=N–C) groups is 1. The molecule has 0 unspecified atom stereocenters. The van der Waals surface area contributed by atoms with Crippen molar-refractivity contribution in [2.24, 2.45) is 4.99 Å². The van der Waals surface area contributed by atoms with Crippen LogP contribution in [0.3, 0.4) is 0 Å². The first-order valence-electron chi connectivity index (χ1n) is 9.80. The van der Waals surface area contributed by atoms with E-state index in [4.69, 9.17) is 11.6 Å². The number of anilines is 1. The summed E-state index contributed by atoms with van der Waals surface area (Å²) in [4.78, 5) is 17.3. The Morgan fingerprint density at radius 2 is 1.80 bits per heavy atom. The Hall–Kier alpha value is -3.19. The molecule has 1 saturated carbocycles. The molecule has 6 nitrogen and oxygen atoms in total. The van der Waals surface area contributed by atoms with Crippen LogP contribution in [0.25, 0.3) is 11.3 Å². The first-order valence-corrected chi connectivity index (χ1v) is 10.2. The number of nitrogens with zero attached hydrogens (tertiary/aromatic N) is 2. The summed E-state index contributed by atoms with van der Waals surface area (Å²) < 4.78 is 13.1. The summed E-state index contributed by atoms with van der Waals surface area (Å²) in [6, 6.07) is 14.8. The Kier molecular flexibility index (Phi) is 6.09. The maximum atomic E-state index is 13.1. The van der Waals surface area contributed by atoms with Gasteiger partial charge in [0, 0.05) is 16.7 Å². The van der Waals surface area contributed by atoms with Crippen molar-refractivity contribution < 1.29 is 9.18 Å². The van der Waals surface area contributed by atoms with Gasteiger partial charge in [0.05, 0.1) is 11.7 Å². The molecule has 3 aromatic rings. The second-order valence-corrected chi connectivity index (χ2v) is 7.61. The number of halogens is 2. The van der Waals surface area contributed by atoms with Gasteiger partial charge in [-0.1, -0.05) is 36.6 Å². The van der Waals surface area contributed by atoms with Crippen LogP contribution in [0.4, 0.5) is 10.2 Å². The van der Waals surface area contributed by atoms with Crippen molar-refractivity contribution >= 4 is 29.3 Å². The SMILES string of the molecule is O=C(NC(=NC1CCCC1)Nc1cc(-c2ccc(Cl)cc2)[nH]n1)c1ccc(F)cc1. The van der Waals surface area contributed by atoms with Gasteiger partial charge in [0.25, 0.3) is 5.91 Å². The Labute approximate surface area is 178 Å². The summed E-state index contributed by atoms with van der Waals surface area (Å²) in [6.45, 7) is 0.